The van der Waals surface area contributed by atoms with Gasteiger partial charge in [0.05, 0.1) is 12.2 Å². The second-order valence-corrected chi connectivity index (χ2v) is 7.92. The number of hydrogen-bond acceptors (Lipinski definition) is 6. The predicted octanol–water partition coefficient (Wildman–Crippen LogP) is 3.18. The van der Waals surface area contributed by atoms with Crippen molar-refractivity contribution in [2.24, 2.45) is 0 Å². The highest BCUT2D eigenvalue weighted by Crippen LogP contribution is 2.26. The van der Waals surface area contributed by atoms with Gasteiger partial charge in [-0.1, -0.05) is 30.2 Å². The zero-order valence-electron chi connectivity index (χ0n) is 14.8. The van der Waals surface area contributed by atoms with Crippen molar-refractivity contribution in [3.63, 3.8) is 0 Å². The van der Waals surface area contributed by atoms with E-state index >= 15 is 0 Å². The van der Waals surface area contributed by atoms with Crippen LogP contribution in [0.2, 0.25) is 0 Å². The molecule has 5 rings (SSSR count). The quantitative estimate of drug-likeness (QED) is 0.556. The van der Waals surface area contributed by atoms with E-state index in [1.165, 1.54) is 38.8 Å². The molecule has 0 bridgehead atoms. The van der Waals surface area contributed by atoms with E-state index in [1.807, 2.05) is 35.8 Å². The van der Waals surface area contributed by atoms with E-state index in [0.29, 0.717) is 0 Å². The Hall–Kier alpha value is -2.32. The van der Waals surface area contributed by atoms with Gasteiger partial charge in [-0.05, 0) is 45.0 Å². The van der Waals surface area contributed by atoms with Gasteiger partial charge in [0.15, 0.2) is 0 Å². The highest BCUT2D eigenvalue weighted by atomic mass is 32.1. The maximum absolute atomic E-state index is 4.83. The van der Waals surface area contributed by atoms with Gasteiger partial charge in [0.25, 0.3) is 0 Å². The molecule has 0 saturated carbocycles. The number of pyridine rings is 1. The second kappa shape index (κ2) is 6.44. The number of fused-ring (bicyclic) bond motifs is 2. The van der Waals surface area contributed by atoms with E-state index in [0.717, 1.165) is 39.4 Å². The Bertz CT molecular complexity index is 1050. The minimum atomic E-state index is 0.759. The fourth-order valence-electron chi connectivity index (χ4n) is 3.74. The van der Waals surface area contributed by atoms with Crippen molar-refractivity contribution < 1.29 is 0 Å². The van der Waals surface area contributed by atoms with Gasteiger partial charge in [0.2, 0.25) is 10.8 Å². The van der Waals surface area contributed by atoms with Gasteiger partial charge >= 0.3 is 0 Å². The molecule has 4 aromatic rings. The first-order valence-corrected chi connectivity index (χ1v) is 9.99. The molecule has 7 nitrogen and oxygen atoms in total. The van der Waals surface area contributed by atoms with Gasteiger partial charge in [0.1, 0.15) is 16.3 Å². The Balaban J connectivity index is 1.53. The van der Waals surface area contributed by atoms with Gasteiger partial charge in [-0.25, -0.2) is 4.98 Å². The number of hydrogen-bond donors (Lipinski definition) is 0. The summed E-state index contributed by atoms with van der Waals surface area (Å²) in [5.41, 5.74) is 2.81. The standard InChI is InChI=1S/C18H21N7S/c1-13-16(24-11-7-4-8-14(24)19-13)17-20-21-18-25(17)22-15(26-18)12-23-9-5-2-3-6-10-23/h4,7-8,11H,2-3,5-6,9-10,12H2,1H3. The van der Waals surface area contributed by atoms with Crippen LogP contribution in [-0.2, 0) is 6.54 Å². The molecule has 0 atom stereocenters. The molecule has 5 heterocycles. The van der Waals surface area contributed by atoms with Crippen LogP contribution >= 0.6 is 11.3 Å². The van der Waals surface area contributed by atoms with Gasteiger partial charge in [-0.2, -0.15) is 9.61 Å². The van der Waals surface area contributed by atoms with Crippen molar-refractivity contribution in [1.82, 2.24) is 34.1 Å². The van der Waals surface area contributed by atoms with Gasteiger partial charge in [-0.15, -0.1) is 10.2 Å². The number of nitrogens with zero attached hydrogens (tertiary/aromatic N) is 7. The van der Waals surface area contributed by atoms with E-state index < -0.39 is 0 Å². The largest absolute Gasteiger partial charge is 0.297 e. The Morgan fingerprint density at radius 3 is 2.77 bits per heavy atom. The number of likely N-dealkylation sites (tertiary alicyclic amines) is 1. The molecule has 0 N–H and O–H groups in total. The zero-order chi connectivity index (χ0) is 17.5. The molecule has 0 aromatic carbocycles. The van der Waals surface area contributed by atoms with E-state index in [1.54, 1.807) is 11.3 Å². The molecular weight excluding hydrogens is 346 g/mol. The number of imidazole rings is 1. The van der Waals surface area contributed by atoms with Crippen LogP contribution in [0.1, 0.15) is 36.4 Å². The molecule has 0 radical (unpaired) electrons. The summed E-state index contributed by atoms with van der Waals surface area (Å²) in [7, 11) is 0. The second-order valence-electron chi connectivity index (χ2n) is 6.88. The summed E-state index contributed by atoms with van der Waals surface area (Å²) in [5, 5.41) is 14.7. The molecule has 1 fully saturated rings. The van der Waals surface area contributed by atoms with Gasteiger partial charge in [0, 0.05) is 6.20 Å². The molecule has 134 valence electrons. The predicted molar refractivity (Wildman–Crippen MR) is 101 cm³/mol. The van der Waals surface area contributed by atoms with Crippen molar-refractivity contribution in [2.45, 2.75) is 39.2 Å². The molecule has 0 aliphatic carbocycles. The monoisotopic (exact) mass is 367 g/mol. The van der Waals surface area contributed by atoms with Crippen molar-refractivity contribution >= 4 is 21.9 Å². The van der Waals surface area contributed by atoms with E-state index in [9.17, 15) is 0 Å². The van der Waals surface area contributed by atoms with Crippen molar-refractivity contribution in [3.05, 3.63) is 35.1 Å². The highest BCUT2D eigenvalue weighted by Gasteiger charge is 2.20. The van der Waals surface area contributed by atoms with E-state index in [2.05, 4.69) is 24.5 Å². The molecule has 26 heavy (non-hydrogen) atoms. The number of aryl methyl sites for hydroxylation is 1. The van der Waals surface area contributed by atoms with E-state index in [4.69, 9.17) is 5.10 Å². The lowest BCUT2D eigenvalue weighted by Crippen LogP contribution is -2.23. The normalized spacial score (nSPS) is 16.5. The fraction of sp³-hybridized carbons (Fsp3) is 0.444. The minimum Gasteiger partial charge on any atom is -0.297 e. The third-order valence-electron chi connectivity index (χ3n) is 5.01. The summed E-state index contributed by atoms with van der Waals surface area (Å²) >= 11 is 1.63. The van der Waals surface area contributed by atoms with Gasteiger partial charge < -0.3 is 0 Å². The Labute approximate surface area is 155 Å². The maximum atomic E-state index is 4.83. The van der Waals surface area contributed by atoms with Crippen LogP contribution in [0.3, 0.4) is 0 Å². The lowest BCUT2D eigenvalue weighted by molar-refractivity contribution is 0.275. The summed E-state index contributed by atoms with van der Waals surface area (Å²) in [5.74, 6) is 0.759. The van der Waals surface area contributed by atoms with E-state index in [-0.39, 0.29) is 0 Å². The Morgan fingerprint density at radius 1 is 1.08 bits per heavy atom. The van der Waals surface area contributed by atoms with Crippen molar-refractivity contribution in [3.8, 4) is 11.5 Å². The van der Waals surface area contributed by atoms with Crippen LogP contribution in [0.15, 0.2) is 24.4 Å². The third kappa shape index (κ3) is 2.69. The highest BCUT2D eigenvalue weighted by molar-refractivity contribution is 7.16. The third-order valence-corrected chi connectivity index (χ3v) is 5.89. The Kier molecular flexibility index (Phi) is 3.94. The van der Waals surface area contributed by atoms with Gasteiger partial charge in [-0.3, -0.25) is 9.30 Å². The van der Waals surface area contributed by atoms with Crippen LogP contribution in [-0.4, -0.2) is 47.2 Å². The molecular formula is C18H21N7S. The molecule has 4 aromatic heterocycles. The first-order valence-electron chi connectivity index (χ1n) is 9.17. The van der Waals surface area contributed by atoms with Crippen molar-refractivity contribution in [1.29, 1.82) is 0 Å². The van der Waals surface area contributed by atoms with Crippen LogP contribution in [0, 0.1) is 6.92 Å². The number of aromatic nitrogens is 6. The van der Waals surface area contributed by atoms with Crippen molar-refractivity contribution in [2.75, 3.05) is 13.1 Å². The average molecular weight is 367 g/mol. The topological polar surface area (TPSA) is 63.6 Å². The summed E-state index contributed by atoms with van der Waals surface area (Å²) in [6.07, 6.45) is 7.28. The molecule has 0 unspecified atom stereocenters. The van der Waals surface area contributed by atoms with Crippen LogP contribution in [0.4, 0.5) is 0 Å². The van der Waals surface area contributed by atoms with Crippen LogP contribution in [0.5, 0.6) is 0 Å². The van der Waals surface area contributed by atoms with Crippen LogP contribution < -0.4 is 0 Å². The number of rotatable bonds is 3. The molecule has 1 aliphatic rings. The molecule has 1 saturated heterocycles. The molecule has 0 spiro atoms. The minimum absolute atomic E-state index is 0.759. The fourth-order valence-corrected chi connectivity index (χ4v) is 4.61. The van der Waals surface area contributed by atoms with Crippen LogP contribution in [0.25, 0.3) is 22.1 Å². The first kappa shape index (κ1) is 15.9. The first-order chi connectivity index (χ1) is 12.8. The smallest absolute Gasteiger partial charge is 0.235 e. The summed E-state index contributed by atoms with van der Waals surface area (Å²) < 4.78 is 3.93. The molecule has 8 heteroatoms. The SMILES string of the molecule is Cc1nc2ccccn2c1-c1nnc2sc(CN3CCCCCC3)nn12. The zero-order valence-corrected chi connectivity index (χ0v) is 15.6. The lowest BCUT2D eigenvalue weighted by Gasteiger charge is -2.17. The molecule has 0 amide bonds. The summed E-state index contributed by atoms with van der Waals surface area (Å²) in [6, 6.07) is 6.00. The summed E-state index contributed by atoms with van der Waals surface area (Å²) in [6.45, 7) is 5.24. The average Bonchev–Trinajstić information content (AvgIpc) is 3.21. The maximum Gasteiger partial charge on any atom is 0.235 e. The lowest BCUT2D eigenvalue weighted by atomic mass is 10.2. The Morgan fingerprint density at radius 2 is 1.92 bits per heavy atom. The summed E-state index contributed by atoms with van der Waals surface area (Å²) in [4.78, 5) is 7.99. The molecule has 1 aliphatic heterocycles.